The lowest BCUT2D eigenvalue weighted by Crippen LogP contribution is -2.36. The van der Waals surface area contributed by atoms with Gasteiger partial charge < -0.3 is 15.4 Å². The highest BCUT2D eigenvalue weighted by Gasteiger charge is 2.31. The number of hydrogen-bond donors (Lipinski definition) is 2. The molecule has 0 spiro atoms. The zero-order chi connectivity index (χ0) is 16.7. The molecule has 132 valence electrons. The van der Waals surface area contributed by atoms with Crippen LogP contribution in [-0.4, -0.2) is 19.4 Å². The van der Waals surface area contributed by atoms with Crippen LogP contribution in [0.2, 0.25) is 0 Å². The molecule has 0 saturated heterocycles. The van der Waals surface area contributed by atoms with E-state index in [2.05, 4.69) is 20.4 Å². The van der Waals surface area contributed by atoms with Crippen molar-refractivity contribution in [3.63, 3.8) is 0 Å². The summed E-state index contributed by atoms with van der Waals surface area (Å²) in [6.07, 6.45) is -4.71. The molecule has 1 aromatic carbocycles. The van der Waals surface area contributed by atoms with Gasteiger partial charge in [0, 0.05) is 25.7 Å². The molecule has 1 aromatic heterocycles. The first kappa shape index (κ1) is 20.6. The largest absolute Gasteiger partial charge is 0.573 e. The van der Waals surface area contributed by atoms with Gasteiger partial charge in [-0.1, -0.05) is 18.2 Å². The first-order valence-corrected chi connectivity index (χ1v) is 7.71. The maximum atomic E-state index is 12.4. The van der Waals surface area contributed by atoms with Crippen LogP contribution in [0.5, 0.6) is 5.75 Å². The lowest BCUT2D eigenvalue weighted by Gasteiger charge is -2.15. The van der Waals surface area contributed by atoms with Crippen molar-refractivity contribution in [2.24, 2.45) is 4.99 Å². The number of guanidine groups is 1. The van der Waals surface area contributed by atoms with Crippen LogP contribution in [0, 0.1) is 0 Å². The number of nitrogens with zero attached hydrogens (tertiary/aromatic N) is 1. The molecule has 0 radical (unpaired) electrons. The van der Waals surface area contributed by atoms with E-state index in [1.165, 1.54) is 12.1 Å². The number of rotatable bonds is 5. The quantitative estimate of drug-likeness (QED) is 0.392. The van der Waals surface area contributed by atoms with Crippen molar-refractivity contribution in [1.29, 1.82) is 0 Å². The minimum Gasteiger partial charge on any atom is -0.405 e. The van der Waals surface area contributed by atoms with Gasteiger partial charge in [0.2, 0.25) is 0 Å². The Morgan fingerprint density at radius 1 is 1.17 bits per heavy atom. The van der Waals surface area contributed by atoms with E-state index in [1.807, 2.05) is 16.8 Å². The SMILES string of the molecule is CN=C(NCc1ccsc1)NCc1ccccc1OC(F)(F)F.I. The van der Waals surface area contributed by atoms with Gasteiger partial charge in [-0.25, -0.2) is 0 Å². The van der Waals surface area contributed by atoms with Gasteiger partial charge in [0.15, 0.2) is 5.96 Å². The van der Waals surface area contributed by atoms with Crippen LogP contribution in [0.1, 0.15) is 11.1 Å². The first-order valence-electron chi connectivity index (χ1n) is 6.77. The van der Waals surface area contributed by atoms with E-state index < -0.39 is 6.36 Å². The smallest absolute Gasteiger partial charge is 0.405 e. The van der Waals surface area contributed by atoms with Gasteiger partial charge in [0.25, 0.3) is 0 Å². The lowest BCUT2D eigenvalue weighted by molar-refractivity contribution is -0.274. The number of halogens is 4. The number of para-hydroxylation sites is 1. The molecule has 24 heavy (non-hydrogen) atoms. The molecule has 0 aliphatic carbocycles. The molecule has 2 N–H and O–H groups in total. The Morgan fingerprint density at radius 3 is 2.50 bits per heavy atom. The average molecular weight is 471 g/mol. The topological polar surface area (TPSA) is 45.7 Å². The normalized spacial score (nSPS) is 11.6. The molecule has 2 aromatic rings. The minimum absolute atomic E-state index is 0. The van der Waals surface area contributed by atoms with Crippen LogP contribution >= 0.6 is 35.3 Å². The Bertz CT molecular complexity index is 648. The third-order valence-corrected chi connectivity index (χ3v) is 3.64. The fourth-order valence-electron chi connectivity index (χ4n) is 1.85. The summed E-state index contributed by atoms with van der Waals surface area (Å²) < 4.78 is 41.2. The molecule has 4 nitrogen and oxygen atoms in total. The highest BCUT2D eigenvalue weighted by atomic mass is 127. The molecule has 0 aliphatic heterocycles. The third kappa shape index (κ3) is 6.95. The van der Waals surface area contributed by atoms with Gasteiger partial charge in [-0.3, -0.25) is 4.99 Å². The van der Waals surface area contributed by atoms with Gasteiger partial charge in [0.05, 0.1) is 0 Å². The van der Waals surface area contributed by atoms with Crippen LogP contribution in [0.25, 0.3) is 0 Å². The first-order chi connectivity index (χ1) is 11.0. The summed E-state index contributed by atoms with van der Waals surface area (Å²) in [5.74, 6) is 0.277. The third-order valence-electron chi connectivity index (χ3n) is 2.91. The molecule has 0 aliphatic rings. The summed E-state index contributed by atoms with van der Waals surface area (Å²) in [7, 11) is 1.60. The maximum Gasteiger partial charge on any atom is 0.573 e. The Hall–Kier alpha value is -1.49. The Balaban J connectivity index is 0.00000288. The summed E-state index contributed by atoms with van der Waals surface area (Å²) in [5.41, 5.74) is 1.50. The number of nitrogens with one attached hydrogen (secondary N) is 2. The zero-order valence-electron chi connectivity index (χ0n) is 12.8. The molecule has 0 unspecified atom stereocenters. The Kier molecular flexibility index (Phi) is 8.32. The number of hydrogen-bond acceptors (Lipinski definition) is 3. The minimum atomic E-state index is -4.71. The van der Waals surface area contributed by atoms with Crippen molar-refractivity contribution in [1.82, 2.24) is 10.6 Å². The van der Waals surface area contributed by atoms with Crippen molar-refractivity contribution < 1.29 is 17.9 Å². The van der Waals surface area contributed by atoms with Crippen molar-refractivity contribution >= 4 is 41.3 Å². The fraction of sp³-hybridized carbons (Fsp3) is 0.267. The van der Waals surface area contributed by atoms with E-state index in [0.717, 1.165) is 5.56 Å². The Labute approximate surface area is 159 Å². The summed E-state index contributed by atoms with van der Waals surface area (Å²) in [6.45, 7) is 0.749. The average Bonchev–Trinajstić information content (AvgIpc) is 3.01. The van der Waals surface area contributed by atoms with Gasteiger partial charge in [-0.15, -0.1) is 37.1 Å². The molecular formula is C15H17F3IN3OS. The van der Waals surface area contributed by atoms with E-state index >= 15 is 0 Å². The predicted molar refractivity (Wildman–Crippen MR) is 99.9 cm³/mol. The van der Waals surface area contributed by atoms with Crippen LogP contribution in [0.3, 0.4) is 0 Å². The molecular weight excluding hydrogens is 454 g/mol. The van der Waals surface area contributed by atoms with Crippen molar-refractivity contribution in [2.75, 3.05) is 7.05 Å². The number of benzene rings is 1. The second kappa shape index (κ2) is 9.72. The zero-order valence-corrected chi connectivity index (χ0v) is 15.9. The molecule has 0 bridgehead atoms. The number of aliphatic imine (C=N–C) groups is 1. The van der Waals surface area contributed by atoms with Crippen molar-refractivity contribution in [3.05, 3.63) is 52.2 Å². The molecule has 0 saturated carbocycles. The maximum absolute atomic E-state index is 12.4. The predicted octanol–water partition coefficient (Wildman–Crippen LogP) is 4.13. The molecule has 0 amide bonds. The van der Waals surface area contributed by atoms with E-state index in [1.54, 1.807) is 30.5 Å². The fourth-order valence-corrected chi connectivity index (χ4v) is 2.52. The molecule has 1 heterocycles. The van der Waals surface area contributed by atoms with E-state index in [4.69, 9.17) is 0 Å². The Morgan fingerprint density at radius 2 is 1.88 bits per heavy atom. The van der Waals surface area contributed by atoms with E-state index in [9.17, 15) is 13.2 Å². The molecule has 2 rings (SSSR count). The summed E-state index contributed by atoms with van der Waals surface area (Å²) >= 11 is 1.59. The van der Waals surface area contributed by atoms with Gasteiger partial charge in [0.1, 0.15) is 5.75 Å². The van der Waals surface area contributed by atoms with Crippen molar-refractivity contribution in [3.8, 4) is 5.75 Å². The van der Waals surface area contributed by atoms with Crippen LogP contribution in [0.15, 0.2) is 46.1 Å². The van der Waals surface area contributed by atoms with Gasteiger partial charge in [-0.2, -0.15) is 11.3 Å². The lowest BCUT2D eigenvalue weighted by atomic mass is 10.2. The molecule has 9 heteroatoms. The second-order valence-corrected chi connectivity index (χ2v) is 5.35. The van der Waals surface area contributed by atoms with Gasteiger partial charge >= 0.3 is 6.36 Å². The van der Waals surface area contributed by atoms with E-state index in [0.29, 0.717) is 18.1 Å². The standard InChI is InChI=1S/C15H16F3N3OS.HI/c1-19-14(20-8-11-6-7-23-10-11)21-9-12-4-2-3-5-13(12)22-15(16,17)18;/h2-7,10H,8-9H2,1H3,(H2,19,20,21);1H. The monoisotopic (exact) mass is 471 g/mol. The van der Waals surface area contributed by atoms with E-state index in [-0.39, 0.29) is 36.3 Å². The summed E-state index contributed by atoms with van der Waals surface area (Å²) in [4.78, 5) is 4.04. The molecule has 0 fully saturated rings. The van der Waals surface area contributed by atoms with Crippen LogP contribution in [0.4, 0.5) is 13.2 Å². The summed E-state index contributed by atoms with van der Waals surface area (Å²) in [6, 6.07) is 7.99. The number of thiophene rings is 1. The van der Waals surface area contributed by atoms with Crippen LogP contribution in [-0.2, 0) is 13.1 Å². The van der Waals surface area contributed by atoms with Crippen LogP contribution < -0.4 is 15.4 Å². The highest BCUT2D eigenvalue weighted by Crippen LogP contribution is 2.26. The number of alkyl halides is 3. The van der Waals surface area contributed by atoms with Gasteiger partial charge in [-0.05, 0) is 28.5 Å². The number of ether oxygens (including phenoxy) is 1. The molecule has 0 atom stereocenters. The summed E-state index contributed by atoms with van der Waals surface area (Å²) in [5, 5.41) is 10.0. The van der Waals surface area contributed by atoms with Crippen molar-refractivity contribution in [2.45, 2.75) is 19.5 Å². The highest BCUT2D eigenvalue weighted by molar-refractivity contribution is 14.0. The second-order valence-electron chi connectivity index (χ2n) is 4.57.